The number of amides is 1. The van der Waals surface area contributed by atoms with Crippen molar-refractivity contribution in [2.45, 2.75) is 12.5 Å². The minimum atomic E-state index is -0.875. The molecule has 120 valence electrons. The SMILES string of the molecule is O=C(O)[C@@H]1CN(C(=O)OCc2ccccc2)C[C@H]1c1ccsc1. The molecule has 1 aliphatic heterocycles. The first-order chi connectivity index (χ1) is 11.1. The van der Waals surface area contributed by atoms with Crippen LogP contribution in [0.4, 0.5) is 4.79 Å². The van der Waals surface area contributed by atoms with Crippen molar-refractivity contribution in [2.75, 3.05) is 13.1 Å². The molecule has 1 aromatic heterocycles. The highest BCUT2D eigenvalue weighted by atomic mass is 32.1. The summed E-state index contributed by atoms with van der Waals surface area (Å²) in [6.45, 7) is 0.752. The summed E-state index contributed by atoms with van der Waals surface area (Å²) < 4.78 is 5.30. The van der Waals surface area contributed by atoms with Crippen LogP contribution in [0, 0.1) is 5.92 Å². The van der Waals surface area contributed by atoms with E-state index in [1.807, 2.05) is 47.2 Å². The lowest BCUT2D eigenvalue weighted by Crippen LogP contribution is -2.30. The number of thiophene rings is 1. The monoisotopic (exact) mass is 331 g/mol. The molecule has 0 bridgehead atoms. The standard InChI is InChI=1S/C17H17NO4S/c19-16(20)15-9-18(8-14(15)13-6-7-23-11-13)17(21)22-10-12-4-2-1-3-5-12/h1-7,11,14-15H,8-10H2,(H,19,20)/t14-,15+/m0/s1. The molecule has 5 nitrogen and oxygen atoms in total. The van der Waals surface area contributed by atoms with Crippen LogP contribution in [-0.4, -0.2) is 35.2 Å². The van der Waals surface area contributed by atoms with Crippen molar-refractivity contribution in [3.05, 3.63) is 58.3 Å². The van der Waals surface area contributed by atoms with Gasteiger partial charge >= 0.3 is 12.1 Å². The maximum atomic E-state index is 12.2. The Bertz CT molecular complexity index is 671. The predicted molar refractivity (Wildman–Crippen MR) is 86.4 cm³/mol. The third-order valence-corrected chi connectivity index (χ3v) is 4.77. The van der Waals surface area contributed by atoms with Gasteiger partial charge in [-0.1, -0.05) is 30.3 Å². The molecule has 1 aliphatic rings. The maximum absolute atomic E-state index is 12.2. The van der Waals surface area contributed by atoms with Crippen LogP contribution in [0.15, 0.2) is 47.2 Å². The predicted octanol–water partition coefficient (Wildman–Crippen LogP) is 3.18. The van der Waals surface area contributed by atoms with Crippen molar-refractivity contribution in [1.82, 2.24) is 4.90 Å². The van der Waals surface area contributed by atoms with Crippen molar-refractivity contribution in [1.29, 1.82) is 0 Å². The molecular formula is C17H17NO4S. The summed E-state index contributed by atoms with van der Waals surface area (Å²) >= 11 is 1.53. The fourth-order valence-electron chi connectivity index (χ4n) is 2.84. The molecule has 3 rings (SSSR count). The number of benzene rings is 1. The van der Waals surface area contributed by atoms with Crippen LogP contribution in [0.2, 0.25) is 0 Å². The molecule has 1 N–H and O–H groups in total. The van der Waals surface area contributed by atoms with Crippen LogP contribution in [0.3, 0.4) is 0 Å². The van der Waals surface area contributed by atoms with Gasteiger partial charge in [-0.2, -0.15) is 11.3 Å². The second-order valence-corrected chi connectivity index (χ2v) is 6.33. The Morgan fingerprint density at radius 3 is 2.65 bits per heavy atom. The minimum absolute atomic E-state index is 0.178. The van der Waals surface area contributed by atoms with E-state index in [1.165, 1.54) is 16.2 Å². The first-order valence-electron chi connectivity index (χ1n) is 7.35. The molecular weight excluding hydrogens is 314 g/mol. The molecule has 0 aliphatic carbocycles. The van der Waals surface area contributed by atoms with Gasteiger partial charge in [-0.25, -0.2) is 4.79 Å². The lowest BCUT2D eigenvalue weighted by Gasteiger charge is -2.16. The summed E-state index contributed by atoms with van der Waals surface area (Å²) in [7, 11) is 0. The van der Waals surface area contributed by atoms with Gasteiger partial charge in [0.1, 0.15) is 6.61 Å². The number of carbonyl (C=O) groups excluding carboxylic acids is 1. The number of hydrogen-bond donors (Lipinski definition) is 1. The number of hydrogen-bond acceptors (Lipinski definition) is 4. The fraction of sp³-hybridized carbons (Fsp3) is 0.294. The van der Waals surface area contributed by atoms with Crippen LogP contribution < -0.4 is 0 Å². The number of rotatable bonds is 4. The van der Waals surface area contributed by atoms with Crippen LogP contribution in [0.1, 0.15) is 17.0 Å². The van der Waals surface area contributed by atoms with E-state index in [1.54, 1.807) is 0 Å². The first-order valence-corrected chi connectivity index (χ1v) is 8.30. The summed E-state index contributed by atoms with van der Waals surface area (Å²) in [4.78, 5) is 25.2. The molecule has 1 aromatic carbocycles. The lowest BCUT2D eigenvalue weighted by atomic mass is 9.91. The first kappa shape index (κ1) is 15.6. The molecule has 0 spiro atoms. The van der Waals surface area contributed by atoms with E-state index in [0.29, 0.717) is 6.54 Å². The van der Waals surface area contributed by atoms with Crippen LogP contribution in [-0.2, 0) is 16.1 Å². The Hall–Kier alpha value is -2.34. The van der Waals surface area contributed by atoms with E-state index in [0.717, 1.165) is 11.1 Å². The third-order valence-electron chi connectivity index (χ3n) is 4.07. The van der Waals surface area contributed by atoms with Gasteiger partial charge in [-0.05, 0) is 28.0 Å². The number of carboxylic acid groups (broad SMARTS) is 1. The Labute approximate surface area is 138 Å². The van der Waals surface area contributed by atoms with Crippen molar-refractivity contribution in [3.63, 3.8) is 0 Å². The highest BCUT2D eigenvalue weighted by molar-refractivity contribution is 7.08. The molecule has 6 heteroatoms. The fourth-order valence-corrected chi connectivity index (χ4v) is 3.56. The van der Waals surface area contributed by atoms with Crippen LogP contribution in [0.25, 0.3) is 0 Å². The van der Waals surface area contributed by atoms with E-state index in [4.69, 9.17) is 4.74 Å². The Morgan fingerprint density at radius 2 is 2.00 bits per heavy atom. The zero-order valence-corrected chi connectivity index (χ0v) is 13.2. The number of nitrogens with zero attached hydrogens (tertiary/aromatic N) is 1. The number of carbonyl (C=O) groups is 2. The molecule has 2 atom stereocenters. The van der Waals surface area contributed by atoms with Gasteiger partial charge in [0, 0.05) is 19.0 Å². The number of ether oxygens (including phenoxy) is 1. The third kappa shape index (κ3) is 3.53. The Balaban J connectivity index is 1.64. The normalized spacial score (nSPS) is 20.4. The molecule has 0 unspecified atom stereocenters. The average Bonchev–Trinajstić information content (AvgIpc) is 3.22. The second kappa shape index (κ2) is 6.83. The largest absolute Gasteiger partial charge is 0.481 e. The van der Waals surface area contributed by atoms with E-state index in [-0.39, 0.29) is 19.1 Å². The zero-order chi connectivity index (χ0) is 16.2. The second-order valence-electron chi connectivity index (χ2n) is 5.55. The van der Waals surface area contributed by atoms with Gasteiger partial charge in [-0.3, -0.25) is 4.79 Å². The lowest BCUT2D eigenvalue weighted by molar-refractivity contribution is -0.141. The van der Waals surface area contributed by atoms with E-state index < -0.39 is 18.0 Å². The molecule has 1 fully saturated rings. The van der Waals surface area contributed by atoms with Gasteiger partial charge in [-0.15, -0.1) is 0 Å². The summed E-state index contributed by atoms with van der Waals surface area (Å²) in [5, 5.41) is 13.3. The Kier molecular flexibility index (Phi) is 4.62. The van der Waals surface area contributed by atoms with Gasteiger partial charge < -0.3 is 14.7 Å². The average molecular weight is 331 g/mol. The van der Waals surface area contributed by atoms with Crippen molar-refractivity contribution in [3.8, 4) is 0 Å². The van der Waals surface area contributed by atoms with E-state index in [9.17, 15) is 14.7 Å². The number of aliphatic carboxylic acids is 1. The maximum Gasteiger partial charge on any atom is 0.410 e. The van der Waals surface area contributed by atoms with Gasteiger partial charge in [0.25, 0.3) is 0 Å². The summed E-state index contributed by atoms with van der Waals surface area (Å²) in [5.74, 6) is -1.64. The van der Waals surface area contributed by atoms with Crippen LogP contribution in [0.5, 0.6) is 0 Å². The van der Waals surface area contributed by atoms with Crippen molar-refractivity contribution >= 4 is 23.4 Å². The molecule has 1 saturated heterocycles. The van der Waals surface area contributed by atoms with Gasteiger partial charge in [0.05, 0.1) is 5.92 Å². The van der Waals surface area contributed by atoms with E-state index >= 15 is 0 Å². The quantitative estimate of drug-likeness (QED) is 0.934. The molecule has 2 heterocycles. The molecule has 0 radical (unpaired) electrons. The molecule has 23 heavy (non-hydrogen) atoms. The topological polar surface area (TPSA) is 66.8 Å². The zero-order valence-electron chi connectivity index (χ0n) is 12.4. The number of likely N-dealkylation sites (tertiary alicyclic amines) is 1. The molecule has 2 aromatic rings. The highest BCUT2D eigenvalue weighted by Crippen LogP contribution is 2.34. The summed E-state index contributed by atoms with van der Waals surface area (Å²) in [6.07, 6.45) is -0.460. The Morgan fingerprint density at radius 1 is 1.22 bits per heavy atom. The van der Waals surface area contributed by atoms with Gasteiger partial charge in [0.2, 0.25) is 0 Å². The smallest absolute Gasteiger partial charge is 0.410 e. The summed E-state index contributed by atoms with van der Waals surface area (Å²) in [5.41, 5.74) is 1.88. The molecule has 0 saturated carbocycles. The van der Waals surface area contributed by atoms with Crippen LogP contribution >= 0.6 is 11.3 Å². The van der Waals surface area contributed by atoms with E-state index in [2.05, 4.69) is 0 Å². The molecule has 1 amide bonds. The van der Waals surface area contributed by atoms with Gasteiger partial charge in [0.15, 0.2) is 0 Å². The number of carboxylic acids is 1. The highest BCUT2D eigenvalue weighted by Gasteiger charge is 2.41. The minimum Gasteiger partial charge on any atom is -0.481 e. The van der Waals surface area contributed by atoms with Crippen molar-refractivity contribution in [2.24, 2.45) is 5.92 Å². The summed E-state index contributed by atoms with van der Waals surface area (Å²) in [6, 6.07) is 11.3. The van der Waals surface area contributed by atoms with Crippen molar-refractivity contribution < 1.29 is 19.4 Å².